The van der Waals surface area contributed by atoms with E-state index in [1.807, 2.05) is 0 Å². The molecule has 2 rings (SSSR count). The average molecular weight is 317 g/mol. The fraction of sp³-hybridized carbons (Fsp3) is 0.556. The van der Waals surface area contributed by atoms with Crippen LogP contribution in [0.1, 0.15) is 46.0 Å². The van der Waals surface area contributed by atoms with Crippen LogP contribution >= 0.6 is 0 Å². The van der Waals surface area contributed by atoms with Gasteiger partial charge in [-0.25, -0.2) is 0 Å². The van der Waals surface area contributed by atoms with Gasteiger partial charge < -0.3 is 10.6 Å². The zero-order chi connectivity index (χ0) is 16.7. The highest BCUT2D eigenvalue weighted by Crippen LogP contribution is 2.19. The normalized spacial score (nSPS) is 18.4. The standard InChI is InChI=1S/C18H27N3O2/c1-3-17-6-4-5-12-21(17)13-11-18(23)20-16-9-7-15(8-10-16)19-14(2)22/h7-10,17H,3-6,11-13H2,1-2H3,(H,19,22)(H,20,23). The molecule has 126 valence electrons. The number of likely N-dealkylation sites (tertiary alicyclic amines) is 1. The number of amides is 2. The second-order valence-electron chi connectivity index (χ2n) is 6.15. The van der Waals surface area contributed by atoms with E-state index in [4.69, 9.17) is 0 Å². The summed E-state index contributed by atoms with van der Waals surface area (Å²) in [6.45, 7) is 5.63. The van der Waals surface area contributed by atoms with Gasteiger partial charge in [-0.2, -0.15) is 0 Å². The van der Waals surface area contributed by atoms with Crippen molar-refractivity contribution in [2.45, 2.75) is 52.0 Å². The van der Waals surface area contributed by atoms with Gasteiger partial charge in [-0.05, 0) is 50.1 Å². The third-order valence-corrected chi connectivity index (χ3v) is 4.34. The van der Waals surface area contributed by atoms with Crippen LogP contribution in [-0.2, 0) is 9.59 Å². The molecule has 0 aliphatic carbocycles. The SMILES string of the molecule is CCC1CCCCN1CCC(=O)Nc1ccc(NC(C)=O)cc1. The Kier molecular flexibility index (Phi) is 6.59. The van der Waals surface area contributed by atoms with Gasteiger partial charge in [0.25, 0.3) is 0 Å². The molecule has 1 aromatic rings. The van der Waals surface area contributed by atoms with Crippen molar-refractivity contribution in [3.63, 3.8) is 0 Å². The molecule has 0 saturated carbocycles. The topological polar surface area (TPSA) is 61.4 Å². The van der Waals surface area contributed by atoms with E-state index in [-0.39, 0.29) is 11.8 Å². The first-order valence-electron chi connectivity index (χ1n) is 8.50. The zero-order valence-electron chi connectivity index (χ0n) is 14.1. The Morgan fingerprint density at radius 1 is 1.13 bits per heavy atom. The van der Waals surface area contributed by atoms with E-state index in [2.05, 4.69) is 22.5 Å². The van der Waals surface area contributed by atoms with Crippen LogP contribution in [0.3, 0.4) is 0 Å². The summed E-state index contributed by atoms with van der Waals surface area (Å²) >= 11 is 0. The van der Waals surface area contributed by atoms with Crippen molar-refractivity contribution in [3.05, 3.63) is 24.3 Å². The van der Waals surface area contributed by atoms with Crippen molar-refractivity contribution in [1.82, 2.24) is 4.90 Å². The first-order valence-corrected chi connectivity index (χ1v) is 8.50. The van der Waals surface area contributed by atoms with Gasteiger partial charge in [-0.3, -0.25) is 14.5 Å². The number of hydrogen-bond acceptors (Lipinski definition) is 3. The monoisotopic (exact) mass is 317 g/mol. The second kappa shape index (κ2) is 8.67. The highest BCUT2D eigenvalue weighted by molar-refractivity contribution is 5.92. The number of rotatable bonds is 6. The number of nitrogens with zero attached hydrogens (tertiary/aromatic N) is 1. The fourth-order valence-corrected chi connectivity index (χ4v) is 3.13. The Morgan fingerprint density at radius 2 is 1.78 bits per heavy atom. The summed E-state index contributed by atoms with van der Waals surface area (Å²) < 4.78 is 0. The molecular formula is C18H27N3O2. The summed E-state index contributed by atoms with van der Waals surface area (Å²) in [5.41, 5.74) is 1.49. The molecule has 0 radical (unpaired) electrons. The number of carbonyl (C=O) groups is 2. The second-order valence-corrected chi connectivity index (χ2v) is 6.15. The Morgan fingerprint density at radius 3 is 2.39 bits per heavy atom. The number of piperidine rings is 1. The predicted molar refractivity (Wildman–Crippen MR) is 93.5 cm³/mol. The van der Waals surface area contributed by atoms with Crippen molar-refractivity contribution in [2.24, 2.45) is 0 Å². The summed E-state index contributed by atoms with van der Waals surface area (Å²) in [7, 11) is 0. The largest absolute Gasteiger partial charge is 0.326 e. The van der Waals surface area contributed by atoms with Crippen molar-refractivity contribution < 1.29 is 9.59 Å². The molecule has 1 aliphatic rings. The molecule has 0 aromatic heterocycles. The Balaban J connectivity index is 1.79. The maximum absolute atomic E-state index is 12.1. The minimum Gasteiger partial charge on any atom is -0.326 e. The smallest absolute Gasteiger partial charge is 0.225 e. The van der Waals surface area contributed by atoms with Crippen LogP contribution in [0, 0.1) is 0 Å². The average Bonchev–Trinajstić information content (AvgIpc) is 2.54. The van der Waals surface area contributed by atoms with Gasteiger partial charge in [0.15, 0.2) is 0 Å². The summed E-state index contributed by atoms with van der Waals surface area (Å²) in [6, 6.07) is 7.81. The highest BCUT2D eigenvalue weighted by Gasteiger charge is 2.20. The van der Waals surface area contributed by atoms with Crippen LogP contribution in [0.4, 0.5) is 11.4 Å². The number of benzene rings is 1. The van der Waals surface area contributed by atoms with E-state index in [1.165, 1.54) is 26.2 Å². The van der Waals surface area contributed by atoms with E-state index in [0.29, 0.717) is 12.5 Å². The minimum absolute atomic E-state index is 0.0395. The Labute approximate surface area is 138 Å². The molecule has 1 unspecified atom stereocenters. The molecule has 1 heterocycles. The molecule has 2 amide bonds. The summed E-state index contributed by atoms with van der Waals surface area (Å²) in [6.07, 6.45) is 5.48. The fourth-order valence-electron chi connectivity index (χ4n) is 3.13. The lowest BCUT2D eigenvalue weighted by atomic mass is 10.00. The number of nitrogens with one attached hydrogen (secondary N) is 2. The van der Waals surface area contributed by atoms with Crippen LogP contribution in [0.2, 0.25) is 0 Å². The predicted octanol–water partition coefficient (Wildman–Crippen LogP) is 3.24. The van der Waals surface area contributed by atoms with Gasteiger partial charge >= 0.3 is 0 Å². The first kappa shape index (κ1) is 17.5. The molecule has 5 nitrogen and oxygen atoms in total. The van der Waals surface area contributed by atoms with Crippen LogP contribution in [0.25, 0.3) is 0 Å². The lowest BCUT2D eigenvalue weighted by Gasteiger charge is -2.35. The molecule has 1 saturated heterocycles. The third-order valence-electron chi connectivity index (χ3n) is 4.34. The molecule has 0 spiro atoms. The molecule has 1 atom stereocenters. The summed E-state index contributed by atoms with van der Waals surface area (Å²) in [4.78, 5) is 25.5. The molecule has 1 aliphatic heterocycles. The summed E-state index contributed by atoms with van der Waals surface area (Å²) in [5, 5.41) is 5.62. The molecule has 1 fully saturated rings. The maximum Gasteiger partial charge on any atom is 0.225 e. The Hall–Kier alpha value is -1.88. The number of hydrogen-bond donors (Lipinski definition) is 2. The minimum atomic E-state index is -0.103. The number of carbonyl (C=O) groups excluding carboxylic acids is 2. The van der Waals surface area contributed by atoms with Crippen LogP contribution < -0.4 is 10.6 Å². The lowest BCUT2D eigenvalue weighted by Crippen LogP contribution is -2.40. The highest BCUT2D eigenvalue weighted by atomic mass is 16.2. The number of anilines is 2. The van der Waals surface area contributed by atoms with E-state index < -0.39 is 0 Å². The molecule has 5 heteroatoms. The molecular weight excluding hydrogens is 290 g/mol. The molecule has 0 bridgehead atoms. The van der Waals surface area contributed by atoms with Gasteiger partial charge in [0, 0.05) is 37.3 Å². The quantitative estimate of drug-likeness (QED) is 0.847. The van der Waals surface area contributed by atoms with Gasteiger partial charge in [-0.1, -0.05) is 13.3 Å². The van der Waals surface area contributed by atoms with Crippen molar-refractivity contribution in [3.8, 4) is 0 Å². The van der Waals surface area contributed by atoms with E-state index in [0.717, 1.165) is 30.9 Å². The Bertz CT molecular complexity index is 528. The maximum atomic E-state index is 12.1. The first-order chi connectivity index (χ1) is 11.1. The third kappa shape index (κ3) is 5.67. The van der Waals surface area contributed by atoms with Gasteiger partial charge in [0.2, 0.25) is 11.8 Å². The van der Waals surface area contributed by atoms with Crippen molar-refractivity contribution >= 4 is 23.2 Å². The van der Waals surface area contributed by atoms with E-state index >= 15 is 0 Å². The molecule has 2 N–H and O–H groups in total. The van der Waals surface area contributed by atoms with Gasteiger partial charge in [-0.15, -0.1) is 0 Å². The van der Waals surface area contributed by atoms with Gasteiger partial charge in [0.1, 0.15) is 0 Å². The van der Waals surface area contributed by atoms with Crippen LogP contribution in [-0.4, -0.2) is 35.8 Å². The summed E-state index contributed by atoms with van der Waals surface area (Å²) in [5.74, 6) is -0.0634. The van der Waals surface area contributed by atoms with E-state index in [9.17, 15) is 9.59 Å². The molecule has 23 heavy (non-hydrogen) atoms. The van der Waals surface area contributed by atoms with Crippen molar-refractivity contribution in [2.75, 3.05) is 23.7 Å². The lowest BCUT2D eigenvalue weighted by molar-refractivity contribution is -0.117. The van der Waals surface area contributed by atoms with Crippen LogP contribution in [0.5, 0.6) is 0 Å². The molecule has 1 aromatic carbocycles. The van der Waals surface area contributed by atoms with E-state index in [1.54, 1.807) is 24.3 Å². The zero-order valence-corrected chi connectivity index (χ0v) is 14.1. The van der Waals surface area contributed by atoms with Crippen LogP contribution in [0.15, 0.2) is 24.3 Å². The van der Waals surface area contributed by atoms with Crippen molar-refractivity contribution in [1.29, 1.82) is 0 Å². The van der Waals surface area contributed by atoms with Gasteiger partial charge in [0.05, 0.1) is 0 Å².